The third-order valence-electron chi connectivity index (χ3n) is 6.00. The molecule has 0 bridgehead atoms. The maximum Gasteiger partial charge on any atom is 0.574 e. The number of hydrogen-bond donors (Lipinski definition) is 2. The van der Waals surface area contributed by atoms with Crippen molar-refractivity contribution in [1.82, 2.24) is 19.6 Å². The summed E-state index contributed by atoms with van der Waals surface area (Å²) in [5.41, 5.74) is 1.39. The average molecular weight is 457 g/mol. The van der Waals surface area contributed by atoms with Crippen LogP contribution in [0.1, 0.15) is 32.6 Å². The van der Waals surface area contributed by atoms with Gasteiger partial charge in [-0.3, -0.25) is 4.98 Å². The van der Waals surface area contributed by atoms with Crippen LogP contribution in [0.5, 0.6) is 5.88 Å². The molecule has 0 saturated heterocycles. The predicted octanol–water partition coefficient (Wildman–Crippen LogP) is 4.95. The first-order chi connectivity index (χ1) is 15.7. The first-order valence-corrected chi connectivity index (χ1v) is 10.7. The van der Waals surface area contributed by atoms with E-state index in [-0.39, 0.29) is 17.5 Å². The molecule has 10 heteroatoms. The number of nitrogens with zero attached hydrogens (tertiary/aromatic N) is 4. The van der Waals surface area contributed by atoms with Crippen molar-refractivity contribution in [2.75, 3.05) is 5.32 Å². The molecule has 0 spiro atoms. The van der Waals surface area contributed by atoms with Gasteiger partial charge in [-0.05, 0) is 62.4 Å². The smallest absolute Gasteiger partial charge is 0.390 e. The lowest BCUT2D eigenvalue weighted by atomic mass is 9.84. The summed E-state index contributed by atoms with van der Waals surface area (Å²) in [6, 6.07) is 10.8. The highest BCUT2D eigenvalue weighted by Gasteiger charge is 2.34. The molecule has 2 N–H and O–H groups in total. The van der Waals surface area contributed by atoms with Gasteiger partial charge in [-0.15, -0.1) is 18.3 Å². The van der Waals surface area contributed by atoms with E-state index < -0.39 is 17.8 Å². The predicted molar refractivity (Wildman–Crippen MR) is 117 cm³/mol. The molecule has 172 valence electrons. The van der Waals surface area contributed by atoms with Gasteiger partial charge in [0.15, 0.2) is 0 Å². The third-order valence-corrected chi connectivity index (χ3v) is 6.00. The number of alkyl halides is 3. The Morgan fingerprint density at radius 1 is 1.18 bits per heavy atom. The van der Waals surface area contributed by atoms with Gasteiger partial charge in [-0.25, -0.2) is 4.52 Å². The molecular weight excluding hydrogens is 435 g/mol. The molecule has 3 heterocycles. The standard InChI is InChI=1S/C23H22F3N5O2/c1-22(32)9-6-16(7-10-22)28-21-29-20(33-23(24,25)26)19-17(8-12-31(19)30-21)14-4-5-18-15(13-14)3-2-11-27-18/h2-5,8,11-13,16,32H,6-7,9-10H2,1H3,(H,28,30)/t16-,22-. The van der Waals surface area contributed by atoms with Gasteiger partial charge in [-0.2, -0.15) is 4.98 Å². The number of aliphatic hydroxyl groups is 1. The van der Waals surface area contributed by atoms with Crippen molar-refractivity contribution in [2.24, 2.45) is 0 Å². The van der Waals surface area contributed by atoms with Crippen LogP contribution in [0.15, 0.2) is 48.8 Å². The maximum atomic E-state index is 13.2. The Balaban J connectivity index is 1.55. The summed E-state index contributed by atoms with van der Waals surface area (Å²) in [6.45, 7) is 1.78. The van der Waals surface area contributed by atoms with Crippen molar-refractivity contribution in [1.29, 1.82) is 0 Å². The fraction of sp³-hybridized carbons (Fsp3) is 0.348. The van der Waals surface area contributed by atoms with Crippen molar-refractivity contribution in [2.45, 2.75) is 50.6 Å². The molecule has 1 fully saturated rings. The normalized spacial score (nSPS) is 21.4. The number of nitrogens with one attached hydrogen (secondary N) is 1. The van der Waals surface area contributed by atoms with E-state index in [1.165, 1.54) is 4.52 Å². The SMILES string of the molecule is C[C@]1(O)CC[C@H](Nc2nc(OC(F)(F)F)c3c(-c4ccc5ncccc5c4)ccn3n2)CC1. The van der Waals surface area contributed by atoms with Gasteiger partial charge in [0.25, 0.3) is 5.88 Å². The highest BCUT2D eigenvalue weighted by Crippen LogP contribution is 2.36. The molecule has 0 radical (unpaired) electrons. The molecule has 3 aromatic heterocycles. The Labute approximate surface area is 187 Å². The fourth-order valence-corrected chi connectivity index (χ4v) is 4.28. The fourth-order valence-electron chi connectivity index (χ4n) is 4.28. The molecule has 0 aliphatic heterocycles. The summed E-state index contributed by atoms with van der Waals surface area (Å²) in [4.78, 5) is 8.36. The van der Waals surface area contributed by atoms with Gasteiger partial charge in [0.05, 0.1) is 11.1 Å². The Morgan fingerprint density at radius 2 is 1.97 bits per heavy atom. The molecule has 1 saturated carbocycles. The summed E-state index contributed by atoms with van der Waals surface area (Å²) < 4.78 is 45.4. The molecule has 0 unspecified atom stereocenters. The number of halogens is 3. The van der Waals surface area contributed by atoms with E-state index >= 15 is 0 Å². The first kappa shape index (κ1) is 21.4. The van der Waals surface area contributed by atoms with Gasteiger partial charge < -0.3 is 15.2 Å². The van der Waals surface area contributed by atoms with Crippen LogP contribution in [0.2, 0.25) is 0 Å². The van der Waals surface area contributed by atoms with Crippen LogP contribution in [0.4, 0.5) is 19.1 Å². The van der Waals surface area contributed by atoms with Crippen LogP contribution in [-0.2, 0) is 0 Å². The zero-order chi connectivity index (χ0) is 23.2. The number of anilines is 1. The molecule has 4 aromatic rings. The highest BCUT2D eigenvalue weighted by molar-refractivity contribution is 5.90. The number of rotatable bonds is 4. The van der Waals surface area contributed by atoms with E-state index in [2.05, 4.69) is 25.1 Å². The minimum atomic E-state index is -4.91. The number of ether oxygens (including phenoxy) is 1. The summed E-state index contributed by atoms with van der Waals surface area (Å²) in [5, 5.41) is 18.5. The monoisotopic (exact) mass is 457 g/mol. The Kier molecular flexibility index (Phi) is 5.12. The number of benzene rings is 1. The van der Waals surface area contributed by atoms with Gasteiger partial charge in [0.2, 0.25) is 5.95 Å². The molecule has 7 nitrogen and oxygen atoms in total. The van der Waals surface area contributed by atoms with Crippen LogP contribution in [-0.4, -0.2) is 42.7 Å². The van der Waals surface area contributed by atoms with Crippen molar-refractivity contribution < 1.29 is 23.0 Å². The molecule has 5 rings (SSSR count). The topological polar surface area (TPSA) is 84.6 Å². The summed E-state index contributed by atoms with van der Waals surface area (Å²) in [5.74, 6) is -0.535. The number of hydrogen-bond acceptors (Lipinski definition) is 6. The Hall–Kier alpha value is -3.40. The van der Waals surface area contributed by atoms with Crippen molar-refractivity contribution in [3.8, 4) is 17.0 Å². The van der Waals surface area contributed by atoms with E-state index in [0.29, 0.717) is 36.8 Å². The summed E-state index contributed by atoms with van der Waals surface area (Å²) in [6.07, 6.45) is 0.843. The number of aromatic nitrogens is 4. The Morgan fingerprint density at radius 3 is 2.73 bits per heavy atom. The molecule has 0 atom stereocenters. The molecule has 1 aromatic carbocycles. The minimum absolute atomic E-state index is 0.0400. The largest absolute Gasteiger partial charge is 0.574 e. The van der Waals surface area contributed by atoms with Crippen molar-refractivity contribution in [3.05, 3.63) is 48.8 Å². The second kappa shape index (κ2) is 7.87. The summed E-state index contributed by atoms with van der Waals surface area (Å²) >= 11 is 0. The van der Waals surface area contributed by atoms with E-state index in [4.69, 9.17) is 0 Å². The molecule has 1 aliphatic carbocycles. The lowest BCUT2D eigenvalue weighted by Crippen LogP contribution is -2.36. The quantitative estimate of drug-likeness (QED) is 0.451. The zero-order valence-corrected chi connectivity index (χ0v) is 17.8. The number of pyridine rings is 1. The molecule has 1 aliphatic rings. The van der Waals surface area contributed by atoms with Crippen LogP contribution in [0.25, 0.3) is 27.5 Å². The first-order valence-electron chi connectivity index (χ1n) is 10.7. The van der Waals surface area contributed by atoms with Crippen LogP contribution in [0, 0.1) is 0 Å². The van der Waals surface area contributed by atoms with E-state index in [0.717, 1.165) is 10.9 Å². The second-order valence-electron chi connectivity index (χ2n) is 8.64. The molecule has 33 heavy (non-hydrogen) atoms. The van der Waals surface area contributed by atoms with Gasteiger partial charge in [0, 0.05) is 29.4 Å². The molecule has 0 amide bonds. The van der Waals surface area contributed by atoms with Crippen LogP contribution < -0.4 is 10.1 Å². The van der Waals surface area contributed by atoms with Crippen LogP contribution in [0.3, 0.4) is 0 Å². The Bertz CT molecular complexity index is 1310. The van der Waals surface area contributed by atoms with E-state index in [1.54, 1.807) is 37.5 Å². The third kappa shape index (κ3) is 4.56. The highest BCUT2D eigenvalue weighted by atomic mass is 19.4. The maximum absolute atomic E-state index is 13.2. The van der Waals surface area contributed by atoms with E-state index in [9.17, 15) is 18.3 Å². The van der Waals surface area contributed by atoms with Gasteiger partial charge >= 0.3 is 6.36 Å². The zero-order valence-electron chi connectivity index (χ0n) is 17.8. The van der Waals surface area contributed by atoms with Gasteiger partial charge in [-0.1, -0.05) is 12.1 Å². The lowest BCUT2D eigenvalue weighted by Gasteiger charge is -2.33. The van der Waals surface area contributed by atoms with Gasteiger partial charge in [0.1, 0.15) is 5.52 Å². The lowest BCUT2D eigenvalue weighted by molar-refractivity contribution is -0.275. The van der Waals surface area contributed by atoms with E-state index in [1.807, 2.05) is 18.2 Å². The van der Waals surface area contributed by atoms with Crippen molar-refractivity contribution >= 4 is 22.4 Å². The van der Waals surface area contributed by atoms with Crippen LogP contribution >= 0.6 is 0 Å². The summed E-state index contributed by atoms with van der Waals surface area (Å²) in [7, 11) is 0. The molecular formula is C23H22F3N5O2. The van der Waals surface area contributed by atoms with Crippen molar-refractivity contribution in [3.63, 3.8) is 0 Å². The minimum Gasteiger partial charge on any atom is -0.390 e. The number of fused-ring (bicyclic) bond motifs is 2. The average Bonchev–Trinajstić information content (AvgIpc) is 3.18. The second-order valence-corrected chi connectivity index (χ2v) is 8.64.